The van der Waals surface area contributed by atoms with Crippen molar-refractivity contribution in [1.82, 2.24) is 0 Å². The zero-order chi connectivity index (χ0) is 6.83. The van der Waals surface area contributed by atoms with Crippen molar-refractivity contribution in [2.24, 2.45) is 0 Å². The summed E-state index contributed by atoms with van der Waals surface area (Å²) in [6.07, 6.45) is 8.00. The minimum absolute atomic E-state index is 2.00. The first-order valence-corrected chi connectivity index (χ1v) is 3.15. The topological polar surface area (TPSA) is 0 Å². The normalized spacial score (nSPS) is 9.50. The maximum absolute atomic E-state index is 2.00. The van der Waals surface area contributed by atoms with Crippen LogP contribution in [0.3, 0.4) is 0 Å². The average Bonchev–Trinajstić information content (AvgIpc) is 1.88. The molecule has 0 heterocycles. The van der Waals surface area contributed by atoms with Crippen LogP contribution in [0.4, 0.5) is 0 Å². The first-order chi connectivity index (χ1) is 3.91. The van der Waals surface area contributed by atoms with Crippen LogP contribution in [0.5, 0.6) is 0 Å². The Bertz CT molecular complexity index is 48.4. The molecule has 0 aliphatic carbocycles. The monoisotopic (exact) mass is 112 g/mol. The second kappa shape index (κ2) is 16.1. The molecule has 0 aromatic heterocycles. The maximum Gasteiger partial charge on any atom is -0.0467 e. The predicted octanol–water partition coefficient (Wildman–Crippen LogP) is 3.16. The minimum Gasteiger partial charge on any atom is -0.0877 e. The second-order valence-electron chi connectivity index (χ2n) is 1.05. The maximum atomic E-state index is 2.00. The van der Waals surface area contributed by atoms with Gasteiger partial charge in [-0.15, -0.1) is 0 Å². The molecule has 0 atom stereocenters. The molecular formula is C8H16. The van der Waals surface area contributed by atoms with Crippen LogP contribution in [0.1, 0.15) is 27.7 Å². The zero-order valence-corrected chi connectivity index (χ0v) is 6.31. The van der Waals surface area contributed by atoms with E-state index in [4.69, 9.17) is 0 Å². The highest BCUT2D eigenvalue weighted by molar-refractivity contribution is 4.98. The SMILES string of the molecule is CC.CC=CC=CC. The molecule has 8 heavy (non-hydrogen) atoms. The van der Waals surface area contributed by atoms with Crippen molar-refractivity contribution in [1.29, 1.82) is 0 Å². The van der Waals surface area contributed by atoms with Gasteiger partial charge in [0.05, 0.1) is 0 Å². The van der Waals surface area contributed by atoms with E-state index in [2.05, 4.69) is 0 Å². The van der Waals surface area contributed by atoms with Gasteiger partial charge in [-0.2, -0.15) is 0 Å². The van der Waals surface area contributed by atoms with Crippen LogP contribution in [-0.2, 0) is 0 Å². The molecule has 0 aliphatic rings. The Labute approximate surface area is 52.9 Å². The van der Waals surface area contributed by atoms with Crippen molar-refractivity contribution >= 4 is 0 Å². The fraction of sp³-hybridized carbons (Fsp3) is 0.500. The zero-order valence-electron chi connectivity index (χ0n) is 6.31. The van der Waals surface area contributed by atoms with E-state index in [1.807, 2.05) is 52.0 Å². The first kappa shape index (κ1) is 10.5. The lowest BCUT2D eigenvalue weighted by molar-refractivity contribution is 1.50. The summed E-state index contributed by atoms with van der Waals surface area (Å²) in [6, 6.07) is 0. The van der Waals surface area contributed by atoms with E-state index in [9.17, 15) is 0 Å². The fourth-order valence-corrected chi connectivity index (χ4v) is 0.222. The average molecular weight is 112 g/mol. The van der Waals surface area contributed by atoms with Gasteiger partial charge in [0.2, 0.25) is 0 Å². The molecule has 0 aromatic rings. The molecule has 0 spiro atoms. The van der Waals surface area contributed by atoms with Crippen molar-refractivity contribution in [3.8, 4) is 0 Å². The van der Waals surface area contributed by atoms with Crippen LogP contribution in [0, 0.1) is 0 Å². The highest BCUT2D eigenvalue weighted by Gasteiger charge is 1.48. The minimum atomic E-state index is 2.00. The molecule has 0 aromatic carbocycles. The van der Waals surface area contributed by atoms with Gasteiger partial charge < -0.3 is 0 Å². The number of hydrogen-bond donors (Lipinski definition) is 0. The van der Waals surface area contributed by atoms with Gasteiger partial charge in [0, 0.05) is 0 Å². The van der Waals surface area contributed by atoms with Crippen molar-refractivity contribution in [2.45, 2.75) is 27.7 Å². The summed E-state index contributed by atoms with van der Waals surface area (Å²) in [4.78, 5) is 0. The molecule has 0 nitrogen and oxygen atoms in total. The lowest BCUT2D eigenvalue weighted by Gasteiger charge is -1.62. The van der Waals surface area contributed by atoms with Crippen LogP contribution >= 0.6 is 0 Å². The summed E-state index contributed by atoms with van der Waals surface area (Å²) < 4.78 is 0. The predicted molar refractivity (Wildman–Crippen MR) is 41.0 cm³/mol. The lowest BCUT2D eigenvalue weighted by Crippen LogP contribution is -1.40. The summed E-state index contributed by atoms with van der Waals surface area (Å²) in [5, 5.41) is 0. The molecule has 0 radical (unpaired) electrons. The third-order valence-electron chi connectivity index (χ3n) is 0.496. The van der Waals surface area contributed by atoms with Crippen LogP contribution in [0.25, 0.3) is 0 Å². The molecule has 0 rings (SSSR count). The second-order valence-corrected chi connectivity index (χ2v) is 1.05. The molecule has 0 N–H and O–H groups in total. The van der Waals surface area contributed by atoms with Crippen molar-refractivity contribution < 1.29 is 0 Å². The molecule has 0 fully saturated rings. The van der Waals surface area contributed by atoms with Crippen LogP contribution in [0.15, 0.2) is 24.3 Å². The van der Waals surface area contributed by atoms with Gasteiger partial charge in [0.25, 0.3) is 0 Å². The molecule has 0 unspecified atom stereocenters. The third-order valence-corrected chi connectivity index (χ3v) is 0.496. The lowest BCUT2D eigenvalue weighted by atomic mass is 10.5. The molecule has 0 amide bonds. The first-order valence-electron chi connectivity index (χ1n) is 3.15. The van der Waals surface area contributed by atoms with E-state index in [1.54, 1.807) is 0 Å². The number of rotatable bonds is 1. The van der Waals surface area contributed by atoms with E-state index in [0.717, 1.165) is 0 Å². The molecule has 0 saturated heterocycles. The largest absolute Gasteiger partial charge is 0.0877 e. The summed E-state index contributed by atoms with van der Waals surface area (Å²) in [6.45, 7) is 8.00. The van der Waals surface area contributed by atoms with Gasteiger partial charge in [-0.3, -0.25) is 0 Å². The summed E-state index contributed by atoms with van der Waals surface area (Å²) in [7, 11) is 0. The van der Waals surface area contributed by atoms with E-state index < -0.39 is 0 Å². The Hall–Kier alpha value is -0.520. The van der Waals surface area contributed by atoms with Crippen LogP contribution in [-0.4, -0.2) is 0 Å². The van der Waals surface area contributed by atoms with Gasteiger partial charge in [0.15, 0.2) is 0 Å². The van der Waals surface area contributed by atoms with Gasteiger partial charge in [-0.25, -0.2) is 0 Å². The standard InChI is InChI=1S/C6H10.C2H6/c1-3-5-6-4-2;1-2/h3-6H,1-2H3;1-2H3. The quantitative estimate of drug-likeness (QED) is 0.457. The number of hydrogen-bond acceptors (Lipinski definition) is 0. The summed E-state index contributed by atoms with van der Waals surface area (Å²) >= 11 is 0. The molecule has 0 aliphatic heterocycles. The Balaban J connectivity index is 0. The molecular weight excluding hydrogens is 96.1 g/mol. The third kappa shape index (κ3) is 17.9. The van der Waals surface area contributed by atoms with Gasteiger partial charge in [0.1, 0.15) is 0 Å². The summed E-state index contributed by atoms with van der Waals surface area (Å²) in [5.74, 6) is 0. The molecule has 48 valence electrons. The Morgan fingerprint density at radius 1 is 0.750 bits per heavy atom. The summed E-state index contributed by atoms with van der Waals surface area (Å²) in [5.41, 5.74) is 0. The smallest absolute Gasteiger partial charge is 0.0467 e. The van der Waals surface area contributed by atoms with E-state index in [0.29, 0.717) is 0 Å². The van der Waals surface area contributed by atoms with E-state index in [1.165, 1.54) is 0 Å². The van der Waals surface area contributed by atoms with E-state index >= 15 is 0 Å². The fourth-order valence-electron chi connectivity index (χ4n) is 0.222. The highest BCUT2D eigenvalue weighted by atomic mass is 13.6. The molecule has 0 saturated carbocycles. The van der Waals surface area contributed by atoms with Crippen molar-refractivity contribution in [3.05, 3.63) is 24.3 Å². The van der Waals surface area contributed by atoms with Gasteiger partial charge in [-0.1, -0.05) is 38.2 Å². The molecule has 0 bridgehead atoms. The molecule has 0 heteroatoms. The van der Waals surface area contributed by atoms with Crippen LogP contribution in [0.2, 0.25) is 0 Å². The number of allylic oxidation sites excluding steroid dienone is 4. The van der Waals surface area contributed by atoms with Gasteiger partial charge in [-0.05, 0) is 13.8 Å². The Kier molecular flexibility index (Phi) is 21.0. The Morgan fingerprint density at radius 2 is 1.00 bits per heavy atom. The Morgan fingerprint density at radius 3 is 1.12 bits per heavy atom. The van der Waals surface area contributed by atoms with Gasteiger partial charge >= 0.3 is 0 Å². The van der Waals surface area contributed by atoms with Crippen molar-refractivity contribution in [3.63, 3.8) is 0 Å². The van der Waals surface area contributed by atoms with Crippen LogP contribution < -0.4 is 0 Å². The van der Waals surface area contributed by atoms with Crippen molar-refractivity contribution in [2.75, 3.05) is 0 Å². The van der Waals surface area contributed by atoms with E-state index in [-0.39, 0.29) is 0 Å². The highest BCUT2D eigenvalue weighted by Crippen LogP contribution is 1.71.